The summed E-state index contributed by atoms with van der Waals surface area (Å²) in [6, 6.07) is 0. The second-order valence-electron chi connectivity index (χ2n) is 3.20. The Morgan fingerprint density at radius 2 is 2.00 bits per heavy atom. The molecule has 0 aromatic rings. The molecule has 1 aliphatic carbocycles. The van der Waals surface area contributed by atoms with Gasteiger partial charge in [-0.25, -0.2) is 4.99 Å². The first kappa shape index (κ1) is 8.44. The van der Waals surface area contributed by atoms with E-state index in [-0.39, 0.29) is 5.91 Å². The molecule has 11 heavy (non-hydrogen) atoms. The number of carbonyl (C=O) groups excluding carboxylic acids is 1. The maximum Gasteiger partial charge on any atom is 0.242 e. The molecule has 0 saturated heterocycles. The van der Waals surface area contributed by atoms with Crippen LogP contribution in [0.1, 0.15) is 39.0 Å². The van der Waals surface area contributed by atoms with E-state index in [9.17, 15) is 4.79 Å². The molecule has 1 rings (SSSR count). The van der Waals surface area contributed by atoms with Crippen molar-refractivity contribution in [2.45, 2.75) is 39.0 Å². The summed E-state index contributed by atoms with van der Waals surface area (Å²) in [7, 11) is 0. The highest BCUT2D eigenvalue weighted by Gasteiger charge is 2.10. The Labute approximate surface area is 67.7 Å². The van der Waals surface area contributed by atoms with Gasteiger partial charge in [-0.2, -0.15) is 0 Å². The minimum Gasteiger partial charge on any atom is -0.273 e. The van der Waals surface area contributed by atoms with Gasteiger partial charge in [0.05, 0.1) is 0 Å². The van der Waals surface area contributed by atoms with Gasteiger partial charge in [-0.3, -0.25) is 4.79 Å². The van der Waals surface area contributed by atoms with Gasteiger partial charge in [-0.15, -0.1) is 0 Å². The minimum absolute atomic E-state index is 0.0735. The molecule has 0 N–H and O–H groups in total. The molecular formula is C9H15NO. The van der Waals surface area contributed by atoms with Gasteiger partial charge in [-0.05, 0) is 18.8 Å². The molecule has 2 heteroatoms. The summed E-state index contributed by atoms with van der Waals surface area (Å²) in [5.41, 5.74) is 0. The van der Waals surface area contributed by atoms with Crippen molar-refractivity contribution in [1.82, 2.24) is 0 Å². The van der Waals surface area contributed by atoms with Crippen molar-refractivity contribution in [3.05, 3.63) is 0 Å². The molecule has 2 nitrogen and oxygen atoms in total. The molecule has 0 heterocycles. The molecule has 0 aliphatic heterocycles. The van der Waals surface area contributed by atoms with Gasteiger partial charge >= 0.3 is 0 Å². The molecule has 1 saturated carbocycles. The van der Waals surface area contributed by atoms with Crippen molar-refractivity contribution in [3.8, 4) is 0 Å². The summed E-state index contributed by atoms with van der Waals surface area (Å²) in [6.45, 7) is 1.50. The Morgan fingerprint density at radius 1 is 1.36 bits per heavy atom. The van der Waals surface area contributed by atoms with E-state index in [4.69, 9.17) is 0 Å². The van der Waals surface area contributed by atoms with Gasteiger partial charge in [0.2, 0.25) is 5.91 Å². The first-order chi connectivity index (χ1) is 5.29. The lowest BCUT2D eigenvalue weighted by atomic mass is 9.90. The lowest BCUT2D eigenvalue weighted by Gasteiger charge is -2.16. The van der Waals surface area contributed by atoms with E-state index in [1.54, 1.807) is 0 Å². The largest absolute Gasteiger partial charge is 0.273 e. The second-order valence-corrected chi connectivity index (χ2v) is 3.20. The van der Waals surface area contributed by atoms with Crippen LogP contribution in [-0.2, 0) is 4.79 Å². The zero-order valence-corrected chi connectivity index (χ0v) is 7.05. The third-order valence-electron chi connectivity index (χ3n) is 2.12. The van der Waals surface area contributed by atoms with E-state index in [2.05, 4.69) is 4.99 Å². The first-order valence-corrected chi connectivity index (χ1v) is 4.34. The average molecular weight is 153 g/mol. The maximum atomic E-state index is 10.5. The Hall–Kier alpha value is -0.660. The predicted octanol–water partition coefficient (Wildman–Crippen LogP) is 2.18. The van der Waals surface area contributed by atoms with E-state index >= 15 is 0 Å². The Morgan fingerprint density at radius 3 is 2.55 bits per heavy atom. The topological polar surface area (TPSA) is 29.4 Å². The Balaban J connectivity index is 2.29. The fourth-order valence-electron chi connectivity index (χ4n) is 1.49. The number of carbonyl (C=O) groups is 1. The molecule has 1 amide bonds. The summed E-state index contributed by atoms with van der Waals surface area (Å²) in [6.07, 6.45) is 8.22. The number of amides is 1. The van der Waals surface area contributed by atoms with Crippen molar-refractivity contribution in [1.29, 1.82) is 0 Å². The summed E-state index contributed by atoms with van der Waals surface area (Å²) < 4.78 is 0. The van der Waals surface area contributed by atoms with Crippen LogP contribution < -0.4 is 0 Å². The average Bonchev–Trinajstić information content (AvgIpc) is 2.03. The van der Waals surface area contributed by atoms with E-state index < -0.39 is 0 Å². The zero-order valence-electron chi connectivity index (χ0n) is 7.05. The molecule has 0 spiro atoms. The molecule has 0 atom stereocenters. The highest BCUT2D eigenvalue weighted by atomic mass is 16.1. The van der Waals surface area contributed by atoms with Crippen LogP contribution >= 0.6 is 0 Å². The van der Waals surface area contributed by atoms with Crippen molar-refractivity contribution < 1.29 is 4.79 Å². The van der Waals surface area contributed by atoms with E-state index in [1.165, 1.54) is 39.0 Å². The standard InChI is InChI=1S/C9H15NO/c1-8(11)10-7-9-5-3-2-4-6-9/h7,9H,2-6H2,1H3. The quantitative estimate of drug-likeness (QED) is 0.531. The third kappa shape index (κ3) is 3.30. The molecule has 62 valence electrons. The van der Waals surface area contributed by atoms with Gasteiger partial charge in [0.1, 0.15) is 0 Å². The van der Waals surface area contributed by atoms with Gasteiger partial charge in [0.15, 0.2) is 0 Å². The van der Waals surface area contributed by atoms with Crippen LogP contribution in [-0.4, -0.2) is 12.1 Å². The summed E-state index contributed by atoms with van der Waals surface area (Å²) in [5, 5.41) is 0. The van der Waals surface area contributed by atoms with E-state index in [0.29, 0.717) is 5.92 Å². The predicted molar refractivity (Wildman–Crippen MR) is 45.7 cm³/mol. The fraction of sp³-hybridized carbons (Fsp3) is 0.778. The number of aliphatic imine (C=N–C) groups is 1. The zero-order chi connectivity index (χ0) is 8.10. The minimum atomic E-state index is -0.0735. The molecule has 0 bridgehead atoms. The maximum absolute atomic E-state index is 10.5. The number of nitrogens with zero attached hydrogens (tertiary/aromatic N) is 1. The van der Waals surface area contributed by atoms with Crippen LogP contribution in [0.4, 0.5) is 0 Å². The van der Waals surface area contributed by atoms with Crippen molar-refractivity contribution >= 4 is 12.1 Å². The van der Waals surface area contributed by atoms with Crippen molar-refractivity contribution in [2.75, 3.05) is 0 Å². The van der Waals surface area contributed by atoms with Crippen LogP contribution in [0.2, 0.25) is 0 Å². The monoisotopic (exact) mass is 153 g/mol. The number of rotatable bonds is 1. The second kappa shape index (κ2) is 4.27. The van der Waals surface area contributed by atoms with Crippen LogP contribution in [0, 0.1) is 5.92 Å². The molecule has 1 fully saturated rings. The lowest BCUT2D eigenvalue weighted by Crippen LogP contribution is -2.07. The van der Waals surface area contributed by atoms with Crippen molar-refractivity contribution in [2.24, 2.45) is 10.9 Å². The van der Waals surface area contributed by atoms with Gasteiger partial charge in [-0.1, -0.05) is 19.3 Å². The molecular weight excluding hydrogens is 138 g/mol. The van der Waals surface area contributed by atoms with E-state index in [0.717, 1.165) is 0 Å². The Kier molecular flexibility index (Phi) is 3.27. The van der Waals surface area contributed by atoms with Gasteiger partial charge < -0.3 is 0 Å². The van der Waals surface area contributed by atoms with Gasteiger partial charge in [0, 0.05) is 13.1 Å². The normalized spacial score (nSPS) is 20.8. The Bertz CT molecular complexity index is 157. The molecule has 0 aromatic heterocycles. The van der Waals surface area contributed by atoms with E-state index in [1.807, 2.05) is 6.21 Å². The SMILES string of the molecule is CC(=O)N=CC1CCCCC1. The number of hydrogen-bond donors (Lipinski definition) is 0. The summed E-state index contributed by atoms with van der Waals surface area (Å²) in [4.78, 5) is 14.3. The van der Waals surface area contributed by atoms with Crippen LogP contribution in [0.15, 0.2) is 4.99 Å². The third-order valence-corrected chi connectivity index (χ3v) is 2.12. The van der Waals surface area contributed by atoms with Crippen molar-refractivity contribution in [3.63, 3.8) is 0 Å². The summed E-state index contributed by atoms with van der Waals surface area (Å²) in [5.74, 6) is 0.503. The molecule has 1 aliphatic rings. The van der Waals surface area contributed by atoms with Crippen LogP contribution in [0.5, 0.6) is 0 Å². The highest BCUT2D eigenvalue weighted by molar-refractivity contribution is 5.83. The highest BCUT2D eigenvalue weighted by Crippen LogP contribution is 2.21. The number of hydrogen-bond acceptors (Lipinski definition) is 1. The smallest absolute Gasteiger partial charge is 0.242 e. The molecule has 0 unspecified atom stereocenters. The van der Waals surface area contributed by atoms with Crippen LogP contribution in [0.25, 0.3) is 0 Å². The first-order valence-electron chi connectivity index (χ1n) is 4.34. The molecule has 0 radical (unpaired) electrons. The summed E-state index contributed by atoms with van der Waals surface area (Å²) >= 11 is 0. The van der Waals surface area contributed by atoms with Crippen LogP contribution in [0.3, 0.4) is 0 Å². The fourth-order valence-corrected chi connectivity index (χ4v) is 1.49. The molecule has 0 aromatic carbocycles. The lowest BCUT2D eigenvalue weighted by molar-refractivity contribution is -0.115. The van der Waals surface area contributed by atoms with Gasteiger partial charge in [0.25, 0.3) is 0 Å².